The van der Waals surface area contributed by atoms with E-state index in [1.807, 2.05) is 0 Å². The smallest absolute Gasteiger partial charge is 0.306 e. The van der Waals surface area contributed by atoms with E-state index in [0.29, 0.717) is 6.61 Å². The molecule has 0 saturated carbocycles. The Morgan fingerprint density at radius 3 is 1.40 bits per heavy atom. The van der Waals surface area contributed by atoms with Crippen LogP contribution in [0.5, 0.6) is 0 Å². The van der Waals surface area contributed by atoms with E-state index in [1.165, 1.54) is 32.1 Å². The summed E-state index contributed by atoms with van der Waals surface area (Å²) in [6.45, 7) is 4.28. The van der Waals surface area contributed by atoms with Crippen molar-refractivity contribution in [2.75, 3.05) is 26.4 Å². The summed E-state index contributed by atoms with van der Waals surface area (Å²) in [5, 5.41) is 40.2. The van der Waals surface area contributed by atoms with Crippen molar-refractivity contribution in [3.63, 3.8) is 0 Å². The van der Waals surface area contributed by atoms with E-state index in [0.717, 1.165) is 116 Å². The van der Waals surface area contributed by atoms with E-state index < -0.39 is 43.4 Å². The summed E-state index contributed by atoms with van der Waals surface area (Å²) in [6, 6.07) is 0. The van der Waals surface area contributed by atoms with Crippen molar-refractivity contribution in [1.29, 1.82) is 0 Å². The second-order valence-corrected chi connectivity index (χ2v) is 16.1. The van der Waals surface area contributed by atoms with Crippen molar-refractivity contribution in [3.8, 4) is 0 Å². The van der Waals surface area contributed by atoms with Gasteiger partial charge in [0.2, 0.25) is 0 Å². The van der Waals surface area contributed by atoms with Crippen LogP contribution in [0, 0.1) is 0 Å². The molecule has 1 aliphatic rings. The third-order valence-electron chi connectivity index (χ3n) is 10.5. The molecular weight excluding hydrogens is 781 g/mol. The summed E-state index contributed by atoms with van der Waals surface area (Å²) in [5.74, 6) is -0.339. The first-order valence-electron chi connectivity index (χ1n) is 24.3. The van der Waals surface area contributed by atoms with Crippen molar-refractivity contribution in [2.24, 2.45) is 0 Å². The molecule has 6 atom stereocenters. The van der Waals surface area contributed by atoms with Gasteiger partial charge in [0.15, 0.2) is 6.29 Å². The Labute approximate surface area is 377 Å². The largest absolute Gasteiger partial charge is 0.457 e. The first-order chi connectivity index (χ1) is 30.4. The molecule has 354 valence electrons. The van der Waals surface area contributed by atoms with E-state index in [-0.39, 0.29) is 25.6 Å². The molecule has 0 bridgehead atoms. The van der Waals surface area contributed by atoms with Gasteiger partial charge in [-0.25, -0.2) is 0 Å². The van der Waals surface area contributed by atoms with Crippen LogP contribution in [0.2, 0.25) is 0 Å². The van der Waals surface area contributed by atoms with Crippen LogP contribution in [0.1, 0.15) is 168 Å². The van der Waals surface area contributed by atoms with Gasteiger partial charge in [-0.05, 0) is 89.9 Å². The summed E-state index contributed by atoms with van der Waals surface area (Å²) in [4.78, 5) is 12.8. The van der Waals surface area contributed by atoms with E-state index >= 15 is 0 Å². The number of carbonyl (C=O) groups excluding carboxylic acids is 1. The normalized spacial score (nSPS) is 20.6. The lowest BCUT2D eigenvalue weighted by molar-refractivity contribution is -0.305. The highest BCUT2D eigenvalue weighted by Gasteiger charge is 2.44. The minimum Gasteiger partial charge on any atom is -0.457 e. The van der Waals surface area contributed by atoms with Gasteiger partial charge in [-0.2, -0.15) is 0 Å². The fourth-order valence-electron chi connectivity index (χ4n) is 6.77. The van der Waals surface area contributed by atoms with E-state index in [1.54, 1.807) is 0 Å². The summed E-state index contributed by atoms with van der Waals surface area (Å²) < 4.78 is 22.8. The van der Waals surface area contributed by atoms with Crippen LogP contribution < -0.4 is 0 Å². The highest BCUT2D eigenvalue weighted by Crippen LogP contribution is 2.22. The van der Waals surface area contributed by atoms with Crippen molar-refractivity contribution >= 4 is 5.97 Å². The van der Waals surface area contributed by atoms with Gasteiger partial charge in [0, 0.05) is 13.0 Å². The highest BCUT2D eigenvalue weighted by atomic mass is 16.7. The molecular formula is C53H88O9. The molecule has 1 fully saturated rings. The number of hydrogen-bond donors (Lipinski definition) is 4. The number of rotatable bonds is 40. The lowest BCUT2D eigenvalue weighted by Crippen LogP contribution is -2.59. The van der Waals surface area contributed by atoms with Crippen molar-refractivity contribution in [2.45, 2.75) is 205 Å². The second kappa shape index (κ2) is 43.4. The fraction of sp³-hybridized carbons (Fsp3) is 0.679. The molecule has 0 aromatic carbocycles. The maximum absolute atomic E-state index is 12.8. The van der Waals surface area contributed by atoms with Gasteiger partial charge >= 0.3 is 5.97 Å². The Morgan fingerprint density at radius 2 is 0.935 bits per heavy atom. The van der Waals surface area contributed by atoms with Crippen molar-refractivity contribution in [3.05, 3.63) is 97.2 Å². The van der Waals surface area contributed by atoms with Crippen LogP contribution in [0.3, 0.4) is 0 Å². The molecule has 0 aliphatic carbocycles. The second-order valence-electron chi connectivity index (χ2n) is 16.1. The van der Waals surface area contributed by atoms with Gasteiger partial charge in [-0.1, -0.05) is 169 Å². The number of allylic oxidation sites excluding steroid dienone is 16. The first kappa shape index (κ1) is 57.1. The quantitative estimate of drug-likeness (QED) is 0.0270. The van der Waals surface area contributed by atoms with Crippen LogP contribution >= 0.6 is 0 Å². The molecule has 1 heterocycles. The zero-order chi connectivity index (χ0) is 45.0. The van der Waals surface area contributed by atoms with Crippen LogP contribution in [-0.4, -0.2) is 89.6 Å². The average molecular weight is 869 g/mol. The van der Waals surface area contributed by atoms with Gasteiger partial charge in [0.25, 0.3) is 0 Å². The molecule has 0 radical (unpaired) electrons. The molecule has 0 aromatic heterocycles. The molecule has 0 spiro atoms. The number of hydrogen-bond acceptors (Lipinski definition) is 9. The minimum absolute atomic E-state index is 0.125. The van der Waals surface area contributed by atoms with Crippen LogP contribution in [0.15, 0.2) is 97.2 Å². The summed E-state index contributed by atoms with van der Waals surface area (Å²) in [5.41, 5.74) is 0. The number of unbranched alkanes of at least 4 members (excludes halogenated alkanes) is 13. The molecule has 1 saturated heterocycles. The van der Waals surface area contributed by atoms with Gasteiger partial charge < -0.3 is 39.4 Å². The van der Waals surface area contributed by atoms with Gasteiger partial charge in [0.05, 0.1) is 19.8 Å². The highest BCUT2D eigenvalue weighted by molar-refractivity contribution is 5.69. The van der Waals surface area contributed by atoms with Gasteiger partial charge in [-0.3, -0.25) is 4.79 Å². The Bertz CT molecular complexity index is 1260. The predicted octanol–water partition coefficient (Wildman–Crippen LogP) is 11.6. The molecule has 0 amide bonds. The van der Waals surface area contributed by atoms with Crippen LogP contribution in [-0.2, 0) is 23.7 Å². The third kappa shape index (κ3) is 33.6. The Kier molecular flexibility index (Phi) is 40.0. The Hall–Kier alpha value is -2.89. The number of carbonyl (C=O) groups is 1. The molecule has 6 unspecified atom stereocenters. The van der Waals surface area contributed by atoms with Crippen LogP contribution in [0.4, 0.5) is 0 Å². The molecule has 1 rings (SSSR count). The number of esters is 1. The lowest BCUT2D eigenvalue weighted by Gasteiger charge is -2.39. The Balaban J connectivity index is 2.27. The Morgan fingerprint density at radius 1 is 0.516 bits per heavy atom. The summed E-state index contributed by atoms with van der Waals surface area (Å²) in [7, 11) is 0. The molecule has 9 nitrogen and oxygen atoms in total. The number of aliphatic hydroxyl groups is 4. The summed E-state index contributed by atoms with van der Waals surface area (Å²) in [6.07, 6.45) is 52.9. The first-order valence-corrected chi connectivity index (χ1v) is 24.3. The molecule has 9 heteroatoms. The molecule has 62 heavy (non-hydrogen) atoms. The molecule has 1 aliphatic heterocycles. The maximum Gasteiger partial charge on any atom is 0.306 e. The molecule has 4 N–H and O–H groups in total. The predicted molar refractivity (Wildman–Crippen MR) is 256 cm³/mol. The van der Waals surface area contributed by atoms with Gasteiger partial charge in [-0.15, -0.1) is 0 Å². The average Bonchev–Trinajstić information content (AvgIpc) is 3.27. The van der Waals surface area contributed by atoms with E-state index in [9.17, 15) is 25.2 Å². The van der Waals surface area contributed by atoms with Crippen LogP contribution in [0.25, 0.3) is 0 Å². The van der Waals surface area contributed by atoms with E-state index in [4.69, 9.17) is 18.9 Å². The maximum atomic E-state index is 12.8. The third-order valence-corrected chi connectivity index (χ3v) is 10.5. The zero-order valence-electron chi connectivity index (χ0n) is 38.8. The standard InChI is InChI=1S/C53H88O9/c1-3-5-7-9-11-13-15-17-19-21-23-24-25-26-28-30-32-34-36-38-40-42-49(55)61-47(46-60-53-52(58)51(57)50(56)48(44-54)62-53)45-59-43-41-39-37-35-33-31-29-27-22-20-18-16-14-12-10-8-6-4-2/h5-8,11-14,17-20,23-24,26,28,47-48,50-54,56-58H,3-4,9-10,15-16,21-22,25,27,29-46H2,1-2H3/b7-5-,8-6-,13-11-,14-12-,19-17-,20-18-,24-23-,28-26-. The van der Waals surface area contributed by atoms with Crippen molar-refractivity contribution < 1.29 is 44.2 Å². The monoisotopic (exact) mass is 869 g/mol. The number of aliphatic hydroxyl groups excluding tert-OH is 4. The van der Waals surface area contributed by atoms with Crippen molar-refractivity contribution in [1.82, 2.24) is 0 Å². The van der Waals surface area contributed by atoms with Gasteiger partial charge in [0.1, 0.15) is 30.5 Å². The fourth-order valence-corrected chi connectivity index (χ4v) is 6.77. The SMILES string of the molecule is CC/C=C\C/C=C\C/C=C\C/C=C\C/C=C\CCCCCCCC(=O)OC(COCCCCCCCCCC/C=C\C/C=C\C/C=C\CC)COC1OC(CO)C(O)C(O)C1O. The molecule has 0 aromatic rings. The number of ether oxygens (including phenoxy) is 4. The lowest BCUT2D eigenvalue weighted by atomic mass is 9.99. The topological polar surface area (TPSA) is 135 Å². The van der Waals surface area contributed by atoms with E-state index in [2.05, 4.69) is 111 Å². The summed E-state index contributed by atoms with van der Waals surface area (Å²) >= 11 is 0. The zero-order valence-corrected chi connectivity index (χ0v) is 38.8. The minimum atomic E-state index is -1.55.